The molecule has 0 atom stereocenters. The predicted molar refractivity (Wildman–Crippen MR) is 236 cm³/mol. The van der Waals surface area contributed by atoms with Gasteiger partial charge in [-0.15, -0.1) is 11.3 Å². The minimum Gasteiger partial charge on any atom is -0.309 e. The molecule has 0 fully saturated rings. The summed E-state index contributed by atoms with van der Waals surface area (Å²) in [5, 5.41) is 10.2. The zero-order chi connectivity index (χ0) is 36.0. The molecular weight excluding hydrogens is 685 g/mol. The average Bonchev–Trinajstić information content (AvgIpc) is 3.89. The van der Waals surface area contributed by atoms with Gasteiger partial charge >= 0.3 is 0 Å². The fraction of sp³-hybridized carbons (Fsp3) is 0. The summed E-state index contributed by atoms with van der Waals surface area (Å²) in [6, 6.07) is 71.5. The molecule has 0 aliphatic rings. The van der Waals surface area contributed by atoms with E-state index in [0.717, 1.165) is 5.69 Å². The maximum absolute atomic E-state index is 2.47. The summed E-state index contributed by atoms with van der Waals surface area (Å²) in [5.74, 6) is 0. The zero-order valence-electron chi connectivity index (χ0n) is 29.8. The molecule has 3 aromatic heterocycles. The van der Waals surface area contributed by atoms with Crippen LogP contribution in [-0.4, -0.2) is 9.13 Å². The van der Waals surface area contributed by atoms with E-state index in [1.54, 1.807) is 0 Å². The molecule has 12 rings (SSSR count). The summed E-state index contributed by atoms with van der Waals surface area (Å²) >= 11 is 1.88. The Balaban J connectivity index is 1.08. The van der Waals surface area contributed by atoms with Crippen molar-refractivity contribution in [2.45, 2.75) is 0 Å². The van der Waals surface area contributed by atoms with E-state index in [9.17, 15) is 0 Å². The number of nitrogens with zero attached hydrogens (tertiary/aromatic N) is 2. The van der Waals surface area contributed by atoms with Crippen molar-refractivity contribution in [3.05, 3.63) is 194 Å². The van der Waals surface area contributed by atoms with Gasteiger partial charge in [-0.1, -0.05) is 121 Å². The van der Waals surface area contributed by atoms with Crippen molar-refractivity contribution in [2.24, 2.45) is 0 Å². The average molecular weight is 717 g/mol. The number of hydrogen-bond acceptors (Lipinski definition) is 1. The summed E-state index contributed by atoms with van der Waals surface area (Å²) in [5.41, 5.74) is 12.1. The first-order chi connectivity index (χ1) is 27.2. The van der Waals surface area contributed by atoms with Crippen LogP contribution in [0.25, 0.3) is 108 Å². The van der Waals surface area contributed by atoms with E-state index in [1.165, 1.54) is 102 Å². The van der Waals surface area contributed by atoms with Gasteiger partial charge in [-0.25, -0.2) is 0 Å². The van der Waals surface area contributed by atoms with Gasteiger partial charge in [0.2, 0.25) is 0 Å². The number of hydrogen-bond donors (Lipinski definition) is 0. The molecule has 0 amide bonds. The Morgan fingerprint density at radius 3 is 1.71 bits per heavy atom. The topological polar surface area (TPSA) is 9.86 Å². The van der Waals surface area contributed by atoms with Crippen molar-refractivity contribution in [3.63, 3.8) is 0 Å². The van der Waals surface area contributed by atoms with E-state index in [0.29, 0.717) is 0 Å². The fourth-order valence-corrected chi connectivity index (χ4v) is 10.0. The molecule has 0 N–H and O–H groups in total. The van der Waals surface area contributed by atoms with E-state index < -0.39 is 0 Å². The highest BCUT2D eigenvalue weighted by Crippen LogP contribution is 2.43. The Morgan fingerprint density at radius 2 is 0.873 bits per heavy atom. The van der Waals surface area contributed by atoms with E-state index in [4.69, 9.17) is 0 Å². The number of fused-ring (bicyclic) bond motifs is 10. The van der Waals surface area contributed by atoms with Crippen molar-refractivity contribution in [3.8, 4) is 33.6 Å². The molecule has 55 heavy (non-hydrogen) atoms. The van der Waals surface area contributed by atoms with Crippen LogP contribution < -0.4 is 0 Å². The summed E-state index contributed by atoms with van der Waals surface area (Å²) in [6.45, 7) is 0. The quantitative estimate of drug-likeness (QED) is 0.172. The maximum Gasteiger partial charge on any atom is 0.0548 e. The Bertz CT molecular complexity index is 3490. The Hall–Kier alpha value is -6.94. The van der Waals surface area contributed by atoms with Crippen LogP contribution in [0.4, 0.5) is 0 Å². The molecule has 0 spiro atoms. The molecule has 0 saturated carbocycles. The van der Waals surface area contributed by atoms with Crippen molar-refractivity contribution >= 4 is 85.9 Å². The Morgan fingerprint density at radius 1 is 0.273 bits per heavy atom. The molecule has 2 nitrogen and oxygen atoms in total. The van der Waals surface area contributed by atoms with Gasteiger partial charge in [0.25, 0.3) is 0 Å². The number of aromatic nitrogens is 2. The number of para-hydroxylation sites is 1. The highest BCUT2D eigenvalue weighted by atomic mass is 32.1. The van der Waals surface area contributed by atoms with Crippen LogP contribution in [0.1, 0.15) is 0 Å². The van der Waals surface area contributed by atoms with E-state index >= 15 is 0 Å². The van der Waals surface area contributed by atoms with Crippen LogP contribution in [0.3, 0.4) is 0 Å². The highest BCUT2D eigenvalue weighted by molar-refractivity contribution is 7.25. The Kier molecular flexibility index (Phi) is 6.54. The van der Waals surface area contributed by atoms with Crippen molar-refractivity contribution in [2.75, 3.05) is 0 Å². The lowest BCUT2D eigenvalue weighted by Gasteiger charge is -2.11. The van der Waals surface area contributed by atoms with Crippen LogP contribution in [0.5, 0.6) is 0 Å². The minimum atomic E-state index is 1.16. The van der Waals surface area contributed by atoms with Gasteiger partial charge in [-0.05, 0) is 106 Å². The van der Waals surface area contributed by atoms with Crippen LogP contribution in [-0.2, 0) is 0 Å². The number of thiophene rings is 1. The van der Waals surface area contributed by atoms with Gasteiger partial charge in [-0.3, -0.25) is 0 Å². The molecule has 12 aromatic rings. The maximum atomic E-state index is 2.47. The lowest BCUT2D eigenvalue weighted by Crippen LogP contribution is -1.94. The SMILES string of the molecule is c1ccc(-c2cccc(-n3c4ccc(-c5ccc6c(c5)c5ccccc5n6-c5ccc6ccccc6c5)cc4c4cc5sc6ccccc6c5cc43)c2)cc1. The highest BCUT2D eigenvalue weighted by Gasteiger charge is 2.18. The van der Waals surface area contributed by atoms with Crippen LogP contribution in [0.15, 0.2) is 194 Å². The summed E-state index contributed by atoms with van der Waals surface area (Å²) in [6.07, 6.45) is 0. The molecule has 0 bridgehead atoms. The van der Waals surface area contributed by atoms with E-state index in [1.807, 2.05) is 11.3 Å². The molecule has 0 aliphatic heterocycles. The zero-order valence-corrected chi connectivity index (χ0v) is 30.6. The first-order valence-electron chi connectivity index (χ1n) is 18.8. The normalized spacial score (nSPS) is 12.0. The molecule has 3 heterocycles. The van der Waals surface area contributed by atoms with Crippen LogP contribution in [0.2, 0.25) is 0 Å². The van der Waals surface area contributed by atoms with Crippen molar-refractivity contribution < 1.29 is 0 Å². The molecule has 0 saturated heterocycles. The summed E-state index contributed by atoms with van der Waals surface area (Å²) < 4.78 is 7.52. The Labute approximate surface area is 321 Å². The standard InChI is InChI=1S/C52H32N2S/c1-2-11-33(12-3-1)36-15-10-16-39(27-36)54-49-26-23-38(30-44(49)45-32-52-46(31-50(45)54)42-18-7-9-20-51(42)55-52)37-22-25-48-43(29-37)41-17-6-8-19-47(41)53(48)40-24-21-34-13-4-5-14-35(34)28-40/h1-32H. The second-order valence-electron chi connectivity index (χ2n) is 14.6. The third-order valence-corrected chi connectivity index (χ3v) is 12.6. The van der Waals surface area contributed by atoms with Crippen molar-refractivity contribution in [1.82, 2.24) is 9.13 Å². The van der Waals surface area contributed by atoms with Gasteiger partial charge < -0.3 is 9.13 Å². The largest absolute Gasteiger partial charge is 0.309 e. The molecule has 3 heteroatoms. The van der Waals surface area contributed by atoms with Gasteiger partial charge in [-0.2, -0.15) is 0 Å². The third-order valence-electron chi connectivity index (χ3n) is 11.5. The molecular formula is C52H32N2S. The predicted octanol–water partition coefficient (Wildman–Crippen LogP) is 14.7. The molecule has 0 unspecified atom stereocenters. The lowest BCUT2D eigenvalue weighted by molar-refractivity contribution is 1.18. The summed E-state index contributed by atoms with van der Waals surface area (Å²) in [4.78, 5) is 0. The van der Waals surface area contributed by atoms with E-state index in [2.05, 4.69) is 203 Å². The van der Waals surface area contributed by atoms with Gasteiger partial charge in [0, 0.05) is 53.1 Å². The van der Waals surface area contributed by atoms with Gasteiger partial charge in [0.15, 0.2) is 0 Å². The minimum absolute atomic E-state index is 1.16. The van der Waals surface area contributed by atoms with Crippen LogP contribution in [0, 0.1) is 0 Å². The van der Waals surface area contributed by atoms with Gasteiger partial charge in [0.1, 0.15) is 0 Å². The number of rotatable bonds is 4. The first kappa shape index (κ1) is 30.5. The van der Waals surface area contributed by atoms with E-state index in [-0.39, 0.29) is 0 Å². The second kappa shape index (κ2) is 11.8. The monoisotopic (exact) mass is 716 g/mol. The number of benzene rings is 9. The summed E-state index contributed by atoms with van der Waals surface area (Å²) in [7, 11) is 0. The van der Waals surface area contributed by atoms with Crippen molar-refractivity contribution in [1.29, 1.82) is 0 Å². The molecule has 256 valence electrons. The smallest absolute Gasteiger partial charge is 0.0548 e. The third kappa shape index (κ3) is 4.67. The molecule has 0 radical (unpaired) electrons. The lowest BCUT2D eigenvalue weighted by atomic mass is 10.0. The first-order valence-corrected chi connectivity index (χ1v) is 19.6. The van der Waals surface area contributed by atoms with Crippen LogP contribution >= 0.6 is 11.3 Å². The second-order valence-corrected chi connectivity index (χ2v) is 15.6. The fourth-order valence-electron chi connectivity index (χ4n) is 8.90. The molecule has 0 aliphatic carbocycles. The molecule has 9 aromatic carbocycles. The van der Waals surface area contributed by atoms with Gasteiger partial charge in [0.05, 0.1) is 22.1 Å².